The van der Waals surface area contributed by atoms with Crippen LogP contribution in [0.15, 0.2) is 24.4 Å². The van der Waals surface area contributed by atoms with Gasteiger partial charge in [-0.15, -0.1) is 0 Å². The van der Waals surface area contributed by atoms with Crippen molar-refractivity contribution in [3.8, 4) is 5.75 Å². The van der Waals surface area contributed by atoms with Crippen molar-refractivity contribution in [2.24, 2.45) is 13.0 Å². The average molecular weight is 343 g/mol. The van der Waals surface area contributed by atoms with E-state index in [0.717, 1.165) is 22.9 Å². The summed E-state index contributed by atoms with van der Waals surface area (Å²) in [6.07, 6.45) is 7.64. The minimum atomic E-state index is -0.354. The molecule has 1 aromatic heterocycles. The largest absolute Gasteiger partial charge is 0.469 e. The van der Waals surface area contributed by atoms with Crippen LogP contribution in [0.1, 0.15) is 50.5 Å². The molecule has 0 amide bonds. The topological polar surface area (TPSA) is 57.5 Å². The van der Waals surface area contributed by atoms with Crippen LogP contribution in [-0.2, 0) is 21.4 Å². The molecule has 5 heteroatoms. The van der Waals surface area contributed by atoms with E-state index < -0.39 is 0 Å². The van der Waals surface area contributed by atoms with E-state index in [1.807, 2.05) is 29.9 Å². The van der Waals surface area contributed by atoms with Crippen LogP contribution < -0.4 is 4.74 Å². The van der Waals surface area contributed by atoms with Gasteiger partial charge in [-0.05, 0) is 36.1 Å². The quantitative estimate of drug-likeness (QED) is 0.609. The Hall–Kier alpha value is -2.30. The highest BCUT2D eigenvalue weighted by atomic mass is 16.5. The maximum absolute atomic E-state index is 12.5. The number of carbonyl (C=O) groups is 2. The number of esters is 2. The maximum Gasteiger partial charge on any atom is 0.313 e. The number of benzene rings is 1. The zero-order chi connectivity index (χ0) is 18.0. The molecule has 25 heavy (non-hydrogen) atoms. The molecule has 1 atom stereocenters. The van der Waals surface area contributed by atoms with Crippen LogP contribution in [0, 0.1) is 5.92 Å². The van der Waals surface area contributed by atoms with Gasteiger partial charge in [0.2, 0.25) is 0 Å². The fourth-order valence-corrected chi connectivity index (χ4v) is 3.98. The molecule has 134 valence electrons. The molecule has 5 nitrogen and oxygen atoms in total. The number of aryl methyl sites for hydroxylation is 1. The second-order valence-electron chi connectivity index (χ2n) is 6.93. The molecule has 0 N–H and O–H groups in total. The lowest BCUT2D eigenvalue weighted by Gasteiger charge is -2.18. The number of hydrogen-bond donors (Lipinski definition) is 0. The first-order valence-corrected chi connectivity index (χ1v) is 8.84. The summed E-state index contributed by atoms with van der Waals surface area (Å²) in [7, 11) is 3.40. The Morgan fingerprint density at radius 2 is 2.00 bits per heavy atom. The molecular weight excluding hydrogens is 318 g/mol. The van der Waals surface area contributed by atoms with Gasteiger partial charge in [0.05, 0.1) is 13.0 Å². The van der Waals surface area contributed by atoms with Gasteiger partial charge < -0.3 is 14.0 Å². The number of carbonyl (C=O) groups excluding carboxylic acids is 2. The molecule has 1 fully saturated rings. The van der Waals surface area contributed by atoms with Crippen LogP contribution in [0.3, 0.4) is 0 Å². The van der Waals surface area contributed by atoms with Gasteiger partial charge in [-0.1, -0.05) is 25.7 Å². The van der Waals surface area contributed by atoms with E-state index in [9.17, 15) is 9.59 Å². The second-order valence-corrected chi connectivity index (χ2v) is 6.93. The summed E-state index contributed by atoms with van der Waals surface area (Å²) >= 11 is 0. The maximum atomic E-state index is 12.5. The predicted octanol–water partition coefficient (Wildman–Crippen LogP) is 3.94. The molecule has 0 saturated heterocycles. The number of hydrogen-bond acceptors (Lipinski definition) is 4. The SMILES string of the molecule is COC(=O)C(CC1CCCC1)c1cn(C)c2ccc(OC(C)=O)cc12. The number of fused-ring (bicyclic) bond motifs is 1. The van der Waals surface area contributed by atoms with E-state index in [-0.39, 0.29) is 17.9 Å². The zero-order valence-corrected chi connectivity index (χ0v) is 15.1. The number of aromatic nitrogens is 1. The Morgan fingerprint density at radius 1 is 1.28 bits per heavy atom. The van der Waals surface area contributed by atoms with Crippen molar-refractivity contribution in [2.75, 3.05) is 7.11 Å². The first-order valence-electron chi connectivity index (χ1n) is 8.84. The van der Waals surface area contributed by atoms with Crippen molar-refractivity contribution in [3.05, 3.63) is 30.0 Å². The van der Waals surface area contributed by atoms with Crippen LogP contribution in [0.4, 0.5) is 0 Å². The summed E-state index contributed by atoms with van der Waals surface area (Å²) in [6.45, 7) is 1.38. The molecule has 1 aliphatic rings. The highest BCUT2D eigenvalue weighted by molar-refractivity contribution is 5.91. The van der Waals surface area contributed by atoms with Crippen LogP contribution in [-0.4, -0.2) is 23.6 Å². The minimum Gasteiger partial charge on any atom is -0.469 e. The molecule has 0 aliphatic heterocycles. The first kappa shape index (κ1) is 17.5. The third-order valence-corrected chi connectivity index (χ3v) is 5.16. The van der Waals surface area contributed by atoms with E-state index >= 15 is 0 Å². The summed E-state index contributed by atoms with van der Waals surface area (Å²) in [5, 5.41) is 0.939. The predicted molar refractivity (Wildman–Crippen MR) is 95.6 cm³/mol. The molecule has 0 radical (unpaired) electrons. The standard InChI is InChI=1S/C20H25NO4/c1-13(22)25-15-8-9-19-16(11-15)18(12-21(19)2)17(20(23)24-3)10-14-6-4-5-7-14/h8-9,11-12,14,17H,4-7,10H2,1-3H3. The van der Waals surface area contributed by atoms with E-state index in [0.29, 0.717) is 11.7 Å². The summed E-state index contributed by atoms with van der Waals surface area (Å²) in [6, 6.07) is 5.54. The van der Waals surface area contributed by atoms with Crippen molar-refractivity contribution in [3.63, 3.8) is 0 Å². The van der Waals surface area contributed by atoms with Gasteiger partial charge in [0.15, 0.2) is 0 Å². The highest BCUT2D eigenvalue weighted by Gasteiger charge is 2.29. The number of nitrogens with zero attached hydrogens (tertiary/aromatic N) is 1. The van der Waals surface area contributed by atoms with Gasteiger partial charge in [-0.3, -0.25) is 9.59 Å². The number of ether oxygens (including phenoxy) is 2. The Balaban J connectivity index is 2.02. The molecule has 1 saturated carbocycles. The summed E-state index contributed by atoms with van der Waals surface area (Å²) in [4.78, 5) is 23.8. The van der Waals surface area contributed by atoms with E-state index in [2.05, 4.69) is 0 Å². The average Bonchev–Trinajstić information content (AvgIpc) is 3.19. The molecule has 3 rings (SSSR count). The smallest absolute Gasteiger partial charge is 0.313 e. The first-order chi connectivity index (χ1) is 12.0. The van der Waals surface area contributed by atoms with E-state index in [4.69, 9.17) is 9.47 Å². The van der Waals surface area contributed by atoms with Gasteiger partial charge in [0, 0.05) is 31.1 Å². The van der Waals surface area contributed by atoms with Crippen molar-refractivity contribution in [1.82, 2.24) is 4.57 Å². The van der Waals surface area contributed by atoms with Gasteiger partial charge in [-0.2, -0.15) is 0 Å². The Morgan fingerprint density at radius 3 is 2.64 bits per heavy atom. The van der Waals surface area contributed by atoms with Crippen LogP contribution >= 0.6 is 0 Å². The molecule has 1 heterocycles. The van der Waals surface area contributed by atoms with Crippen molar-refractivity contribution >= 4 is 22.8 Å². The molecule has 1 unspecified atom stereocenters. The molecular formula is C20H25NO4. The van der Waals surface area contributed by atoms with Crippen LogP contribution in [0.2, 0.25) is 0 Å². The van der Waals surface area contributed by atoms with Crippen molar-refractivity contribution in [1.29, 1.82) is 0 Å². The van der Waals surface area contributed by atoms with Crippen molar-refractivity contribution < 1.29 is 19.1 Å². The highest BCUT2D eigenvalue weighted by Crippen LogP contribution is 2.38. The zero-order valence-electron chi connectivity index (χ0n) is 15.1. The minimum absolute atomic E-state index is 0.197. The molecule has 2 aromatic rings. The molecule has 0 spiro atoms. The summed E-state index contributed by atoms with van der Waals surface area (Å²) in [5.74, 6) is 0.224. The Labute approximate surface area is 147 Å². The monoisotopic (exact) mass is 343 g/mol. The van der Waals surface area contributed by atoms with Crippen molar-refractivity contribution in [2.45, 2.75) is 44.9 Å². The fraction of sp³-hybridized carbons (Fsp3) is 0.500. The number of rotatable bonds is 5. The fourth-order valence-electron chi connectivity index (χ4n) is 3.98. The van der Waals surface area contributed by atoms with Gasteiger partial charge in [0.25, 0.3) is 0 Å². The third-order valence-electron chi connectivity index (χ3n) is 5.16. The van der Waals surface area contributed by atoms with Crippen LogP contribution in [0.25, 0.3) is 10.9 Å². The third kappa shape index (κ3) is 3.70. The normalized spacial score (nSPS) is 16.1. The van der Waals surface area contributed by atoms with E-state index in [1.54, 1.807) is 6.07 Å². The lowest BCUT2D eigenvalue weighted by atomic mass is 9.87. The summed E-state index contributed by atoms with van der Waals surface area (Å²) < 4.78 is 12.3. The second kappa shape index (κ2) is 7.30. The van der Waals surface area contributed by atoms with E-state index in [1.165, 1.54) is 39.7 Å². The molecule has 0 bridgehead atoms. The Kier molecular flexibility index (Phi) is 5.11. The molecule has 1 aromatic carbocycles. The van der Waals surface area contributed by atoms with Gasteiger partial charge >= 0.3 is 11.9 Å². The molecule has 1 aliphatic carbocycles. The lowest BCUT2D eigenvalue weighted by molar-refractivity contribution is -0.143. The Bertz CT molecular complexity index is 786. The lowest BCUT2D eigenvalue weighted by Crippen LogP contribution is -2.17. The number of methoxy groups -OCH3 is 1. The van der Waals surface area contributed by atoms with Gasteiger partial charge in [0.1, 0.15) is 5.75 Å². The van der Waals surface area contributed by atoms with Crippen LogP contribution in [0.5, 0.6) is 5.75 Å². The summed E-state index contributed by atoms with van der Waals surface area (Å²) in [5.41, 5.74) is 1.96. The van der Waals surface area contributed by atoms with Gasteiger partial charge in [-0.25, -0.2) is 0 Å².